The molecule has 0 bridgehead atoms. The maximum atomic E-state index is 6.73. The molecule has 2 aliphatic heterocycles. The van der Waals surface area contributed by atoms with Crippen LogP contribution in [0.15, 0.2) is 194 Å². The molecule has 6 nitrogen and oxygen atoms in total. The Bertz CT molecular complexity index is 3730. The Kier molecular flexibility index (Phi) is 10.6. The van der Waals surface area contributed by atoms with E-state index in [1.807, 2.05) is 30.3 Å². The molecule has 10 aromatic rings. The molecule has 0 atom stereocenters. The number of pyridine rings is 1. The zero-order valence-electron chi connectivity index (χ0n) is 40.0. The Labute approximate surface area is 421 Å². The Morgan fingerprint density at radius 1 is 0.529 bits per heavy atom. The van der Waals surface area contributed by atoms with Crippen LogP contribution < -0.4 is 19.8 Å². The van der Waals surface area contributed by atoms with Gasteiger partial charge in [-0.1, -0.05) is 42.5 Å². The zero-order chi connectivity index (χ0) is 47.9. The van der Waals surface area contributed by atoms with Crippen LogP contribution in [0.3, 0.4) is 0 Å². The summed E-state index contributed by atoms with van der Waals surface area (Å²) >= 11 is 2.51. The van der Waals surface area contributed by atoms with Crippen molar-refractivity contribution in [2.45, 2.75) is 52.4 Å². The third-order valence-electron chi connectivity index (χ3n) is 13.7. The van der Waals surface area contributed by atoms with Gasteiger partial charge in [0, 0.05) is 11.3 Å². The van der Waals surface area contributed by atoms with Gasteiger partial charge in [0.25, 0.3) is 0 Å². The number of anilines is 4. The molecule has 2 aliphatic rings. The quantitative estimate of drug-likeness (QED) is 0.118. The molecule has 0 saturated carbocycles. The Hall–Kier alpha value is -7.47. The Balaban J connectivity index is 0.980. The van der Waals surface area contributed by atoms with Gasteiger partial charge in [-0.3, -0.25) is 0 Å². The van der Waals surface area contributed by atoms with E-state index in [2.05, 4.69) is 256 Å². The van der Waals surface area contributed by atoms with E-state index in [1.165, 1.54) is 44.4 Å². The molecule has 8 aromatic carbocycles. The molecule has 0 N–H and O–H groups in total. The zero-order valence-corrected chi connectivity index (χ0v) is 42.3. The van der Waals surface area contributed by atoms with Crippen molar-refractivity contribution in [3.63, 3.8) is 0 Å². The summed E-state index contributed by atoms with van der Waals surface area (Å²) in [6.07, 6.45) is 0. The summed E-state index contributed by atoms with van der Waals surface area (Å²) in [4.78, 5) is 9.93. The monoisotopic (exact) mass is 1090 g/mol. The normalized spacial score (nSPS) is 13.0. The molecule has 8 heteroatoms. The number of hydrogen-bond donors (Lipinski definition) is 0. The van der Waals surface area contributed by atoms with Crippen LogP contribution in [0.25, 0.3) is 55.8 Å². The van der Waals surface area contributed by atoms with E-state index in [0.29, 0.717) is 11.6 Å². The summed E-state index contributed by atoms with van der Waals surface area (Å²) in [7, 11) is 0. The van der Waals surface area contributed by atoms with Crippen molar-refractivity contribution in [2.75, 3.05) is 9.62 Å². The summed E-state index contributed by atoms with van der Waals surface area (Å²) in [6, 6.07) is 76.4. The number of para-hydroxylation sites is 4. The average Bonchev–Trinajstić information content (AvgIpc) is 3.88. The molecule has 0 unspecified atom stereocenters. The van der Waals surface area contributed by atoms with Crippen LogP contribution in [-0.4, -0.2) is 21.1 Å². The summed E-state index contributed by atoms with van der Waals surface area (Å²) in [5.74, 6) is 1.80. The number of fused-ring (bicyclic) bond motifs is 9. The standard InChI is InChI=1S/C62H50BN5O.Pt/c1-61(2,3)44-24-18-23-43(37-44)51-39-45(62(4,5)6)38-50(42-21-8-7-9-22-42)60(51)66-41-65(54-31-14-15-32-55(54)66)46-25-19-26-47(40-46)69-59-36-20-35-58(64-59)68-57-34-17-16-33-56(57)67-53-30-13-11-28-49(53)48-27-10-12-29-52(48)63(67)68;/h7-33,35-39H,1-6H3;/q-2;. The fraction of sp³-hybridized carbons (Fsp3) is 0.129. The first kappa shape index (κ1) is 43.8. The van der Waals surface area contributed by atoms with E-state index in [9.17, 15) is 0 Å². The van der Waals surface area contributed by atoms with Gasteiger partial charge in [-0.15, -0.1) is 6.07 Å². The van der Waals surface area contributed by atoms with Gasteiger partial charge in [0.1, 0.15) is 0 Å². The predicted molar refractivity (Wildman–Crippen MR) is 284 cm³/mol. The van der Waals surface area contributed by atoms with Crippen LogP contribution in [0.5, 0.6) is 11.6 Å². The third-order valence-corrected chi connectivity index (χ3v) is 14.7. The van der Waals surface area contributed by atoms with Crippen molar-refractivity contribution < 1.29 is 24.1 Å². The molecule has 0 spiro atoms. The molecule has 0 radical (unpaired) electrons. The Morgan fingerprint density at radius 3 is 1.96 bits per heavy atom. The minimum absolute atomic E-state index is 0.0223. The molecule has 0 aliphatic carbocycles. The van der Waals surface area contributed by atoms with Gasteiger partial charge in [0.05, 0.1) is 0 Å². The second-order valence-electron chi connectivity index (χ2n) is 20.2. The van der Waals surface area contributed by atoms with E-state index in [-0.39, 0.29) is 17.8 Å². The van der Waals surface area contributed by atoms with Crippen LogP contribution in [0.2, 0.25) is 0 Å². The van der Waals surface area contributed by atoms with Crippen LogP contribution in [0.4, 0.5) is 22.9 Å². The molecule has 0 fully saturated rings. The van der Waals surface area contributed by atoms with Crippen LogP contribution in [0, 0.1) is 15.9 Å². The number of imidazole rings is 1. The van der Waals surface area contributed by atoms with Gasteiger partial charge in [-0.05, 0) is 11.6 Å². The SMILES string of the molecule is CC(C)(C)c1cccc(-c2cc(C(C)(C)C)cc(-c3ccccc3)c2-n2[c](=[Pt])n(-c3[c-]c(Oc4cccc(N5B6c7ccccc7-c7ccccc7N6c6ccc[c-]c65)n4)ccc3)c3ccccc32)c1. The number of rotatable bonds is 7. The maximum absolute atomic E-state index is 6.73. The fourth-order valence-corrected chi connectivity index (χ4v) is 11.3. The first-order valence-corrected chi connectivity index (χ1v) is 25.0. The topological polar surface area (TPSA) is 38.5 Å². The molecular weight excluding hydrogens is 1040 g/mol. The summed E-state index contributed by atoms with van der Waals surface area (Å²) < 4.78 is 12.5. The molecule has 344 valence electrons. The third kappa shape index (κ3) is 7.38. The van der Waals surface area contributed by atoms with E-state index in [0.717, 1.165) is 54.7 Å². The summed E-state index contributed by atoms with van der Waals surface area (Å²) in [5.41, 5.74) is 18.1. The number of benzene rings is 8. The number of nitrogens with zero attached hydrogens (tertiary/aromatic N) is 5. The molecule has 2 aromatic heterocycles. The van der Waals surface area contributed by atoms with E-state index in [1.54, 1.807) is 0 Å². The van der Waals surface area contributed by atoms with Gasteiger partial charge in [-0.2, -0.15) is 12.1 Å². The molecule has 12 rings (SSSR count). The average molecular weight is 1090 g/mol. The Morgan fingerprint density at radius 2 is 1.17 bits per heavy atom. The van der Waals surface area contributed by atoms with Crippen molar-refractivity contribution in [3.8, 4) is 56.4 Å². The minimum atomic E-state index is -0.164. The van der Waals surface area contributed by atoms with E-state index >= 15 is 0 Å². The van der Waals surface area contributed by atoms with Crippen molar-refractivity contribution >= 4 is 46.4 Å². The van der Waals surface area contributed by atoms with Crippen molar-refractivity contribution in [1.29, 1.82) is 0 Å². The van der Waals surface area contributed by atoms with Gasteiger partial charge in [0.2, 0.25) is 0 Å². The van der Waals surface area contributed by atoms with Crippen LogP contribution in [-0.2, 0) is 30.2 Å². The van der Waals surface area contributed by atoms with E-state index in [4.69, 9.17) is 9.72 Å². The fourth-order valence-electron chi connectivity index (χ4n) is 10.2. The van der Waals surface area contributed by atoms with Crippen LogP contribution in [0.1, 0.15) is 52.7 Å². The van der Waals surface area contributed by atoms with Crippen molar-refractivity contribution in [2.24, 2.45) is 0 Å². The van der Waals surface area contributed by atoms with Gasteiger partial charge in [-0.25, -0.2) is 0 Å². The molecule has 4 heterocycles. The summed E-state index contributed by atoms with van der Waals surface area (Å²) in [5, 5.41) is 0. The summed E-state index contributed by atoms with van der Waals surface area (Å²) in [6.45, 7) is 13.6. The van der Waals surface area contributed by atoms with Gasteiger partial charge < -0.3 is 0 Å². The number of aromatic nitrogens is 3. The molecule has 70 heavy (non-hydrogen) atoms. The molecular formula is C62H50BN5OPt-2. The molecule has 0 saturated heterocycles. The van der Waals surface area contributed by atoms with E-state index < -0.39 is 0 Å². The predicted octanol–water partition coefficient (Wildman–Crippen LogP) is 14.9. The second kappa shape index (κ2) is 16.9. The first-order valence-electron chi connectivity index (χ1n) is 23.9. The van der Waals surface area contributed by atoms with Crippen LogP contribution >= 0.6 is 0 Å². The molecule has 0 amide bonds. The van der Waals surface area contributed by atoms with Crippen molar-refractivity contribution in [1.82, 2.24) is 14.1 Å². The second-order valence-corrected chi connectivity index (χ2v) is 21.2. The van der Waals surface area contributed by atoms with Crippen molar-refractivity contribution in [3.05, 3.63) is 221 Å². The van der Waals surface area contributed by atoms with Gasteiger partial charge in [0.15, 0.2) is 0 Å². The first-order chi connectivity index (χ1) is 33.9. The van der Waals surface area contributed by atoms with Gasteiger partial charge >= 0.3 is 341 Å². The number of ether oxygens (including phenoxy) is 1. The number of hydrogen-bond acceptors (Lipinski definition) is 4.